The van der Waals surface area contributed by atoms with Crippen molar-refractivity contribution in [2.45, 2.75) is 18.4 Å². The quantitative estimate of drug-likeness (QED) is 0.755. The van der Waals surface area contributed by atoms with E-state index in [1.165, 1.54) is 5.69 Å². The first-order valence-electron chi connectivity index (χ1n) is 6.63. The molecular formula is C14H16N4O. The molecule has 0 atom stereocenters. The van der Waals surface area contributed by atoms with Crippen LogP contribution in [-0.4, -0.2) is 22.8 Å². The van der Waals surface area contributed by atoms with Crippen molar-refractivity contribution in [3.8, 4) is 5.69 Å². The van der Waals surface area contributed by atoms with Crippen LogP contribution in [0.1, 0.15) is 18.5 Å². The molecule has 0 amide bonds. The zero-order chi connectivity index (χ0) is 12.7. The Morgan fingerprint density at radius 2 is 2.11 bits per heavy atom. The van der Waals surface area contributed by atoms with E-state index in [2.05, 4.69) is 44.8 Å². The molecule has 2 aromatic heterocycles. The van der Waals surface area contributed by atoms with Crippen LogP contribution in [0, 0.1) is 0 Å². The summed E-state index contributed by atoms with van der Waals surface area (Å²) in [5.74, 6) is 0.864. The van der Waals surface area contributed by atoms with Crippen LogP contribution in [0.25, 0.3) is 5.69 Å². The zero-order valence-electron chi connectivity index (χ0n) is 10.6. The zero-order valence-corrected chi connectivity index (χ0v) is 10.6. The van der Waals surface area contributed by atoms with Crippen molar-refractivity contribution in [2.24, 2.45) is 0 Å². The van der Waals surface area contributed by atoms with Crippen molar-refractivity contribution in [3.05, 3.63) is 42.4 Å². The number of anilines is 1. The minimum atomic E-state index is -0.0809. The van der Waals surface area contributed by atoms with Gasteiger partial charge in [0, 0.05) is 31.3 Å². The van der Waals surface area contributed by atoms with Crippen LogP contribution in [0.5, 0.6) is 0 Å². The Morgan fingerprint density at radius 3 is 3.00 bits per heavy atom. The summed E-state index contributed by atoms with van der Waals surface area (Å²) in [4.78, 5) is 4.41. The van der Waals surface area contributed by atoms with Crippen molar-refractivity contribution in [1.82, 2.24) is 15.0 Å². The molecule has 4 rings (SSSR count). The van der Waals surface area contributed by atoms with E-state index in [1.807, 2.05) is 6.07 Å². The second kappa shape index (κ2) is 4.08. The lowest BCUT2D eigenvalue weighted by Crippen LogP contribution is -2.49. The van der Waals surface area contributed by atoms with Crippen molar-refractivity contribution in [1.29, 1.82) is 0 Å². The van der Waals surface area contributed by atoms with Crippen molar-refractivity contribution < 1.29 is 4.74 Å². The van der Waals surface area contributed by atoms with E-state index in [0.29, 0.717) is 0 Å². The summed E-state index contributed by atoms with van der Waals surface area (Å²) in [6, 6.07) is 8.32. The number of ether oxygens (including phenoxy) is 1. The molecule has 1 fully saturated rings. The number of nitrogens with zero attached hydrogens (tertiary/aromatic N) is 2. The van der Waals surface area contributed by atoms with Gasteiger partial charge >= 0.3 is 0 Å². The summed E-state index contributed by atoms with van der Waals surface area (Å²) in [6.07, 6.45) is 5.82. The van der Waals surface area contributed by atoms with E-state index in [4.69, 9.17) is 4.74 Å². The van der Waals surface area contributed by atoms with E-state index in [1.54, 1.807) is 6.20 Å². The van der Waals surface area contributed by atoms with Crippen molar-refractivity contribution in [3.63, 3.8) is 0 Å². The highest BCUT2D eigenvalue weighted by Crippen LogP contribution is 2.36. The van der Waals surface area contributed by atoms with Crippen LogP contribution in [0.2, 0.25) is 0 Å². The number of hydrogen-bond donors (Lipinski definition) is 2. The van der Waals surface area contributed by atoms with Crippen LogP contribution in [0.15, 0.2) is 36.7 Å². The lowest BCUT2D eigenvalue weighted by molar-refractivity contribution is 0.0379. The van der Waals surface area contributed by atoms with E-state index in [0.717, 1.165) is 37.6 Å². The summed E-state index contributed by atoms with van der Waals surface area (Å²) in [5.41, 5.74) is 9.04. The second-order valence-corrected chi connectivity index (χ2v) is 5.08. The molecular weight excluding hydrogens is 240 g/mol. The monoisotopic (exact) mass is 256 g/mol. The molecule has 0 unspecified atom stereocenters. The molecule has 98 valence electrons. The lowest BCUT2D eigenvalue weighted by atomic mass is 9.87. The van der Waals surface area contributed by atoms with Gasteiger partial charge in [0.1, 0.15) is 0 Å². The second-order valence-electron chi connectivity index (χ2n) is 5.08. The lowest BCUT2D eigenvalue weighted by Gasteiger charge is -2.37. The van der Waals surface area contributed by atoms with E-state index in [-0.39, 0.29) is 5.54 Å². The Morgan fingerprint density at radius 1 is 1.21 bits per heavy atom. The Labute approximate surface area is 111 Å². The van der Waals surface area contributed by atoms with Crippen LogP contribution in [-0.2, 0) is 10.3 Å². The predicted octanol–water partition coefficient (Wildman–Crippen LogP) is 1.81. The predicted molar refractivity (Wildman–Crippen MR) is 72.1 cm³/mol. The fourth-order valence-electron chi connectivity index (χ4n) is 3.01. The molecule has 19 heavy (non-hydrogen) atoms. The van der Waals surface area contributed by atoms with Crippen LogP contribution < -0.4 is 10.9 Å². The van der Waals surface area contributed by atoms with Gasteiger partial charge in [0.25, 0.3) is 0 Å². The average molecular weight is 256 g/mol. The number of aromatic nitrogens is 2. The van der Waals surface area contributed by atoms with Gasteiger partial charge < -0.3 is 14.7 Å². The van der Waals surface area contributed by atoms with Crippen LogP contribution >= 0.6 is 0 Å². The minimum Gasteiger partial charge on any atom is -0.381 e. The molecule has 1 spiro atoms. The fraction of sp³-hybridized carbons (Fsp3) is 0.357. The van der Waals surface area contributed by atoms with Crippen LogP contribution in [0.3, 0.4) is 0 Å². The van der Waals surface area contributed by atoms with Gasteiger partial charge in [0.2, 0.25) is 0 Å². The topological polar surface area (TPSA) is 51.1 Å². The molecule has 0 aliphatic carbocycles. The molecule has 1 saturated heterocycles. The Balaban J connectivity index is 1.90. The highest BCUT2D eigenvalue weighted by Gasteiger charge is 2.38. The van der Waals surface area contributed by atoms with Gasteiger partial charge in [-0.25, -0.2) is 10.4 Å². The SMILES string of the molecule is c1cnc2c(c1)-n1cccc1C1(CCOCC1)NN2. The van der Waals surface area contributed by atoms with Crippen LogP contribution in [0.4, 0.5) is 5.82 Å². The summed E-state index contributed by atoms with van der Waals surface area (Å²) < 4.78 is 7.74. The number of fused-ring (bicyclic) bond motifs is 4. The molecule has 5 heteroatoms. The first kappa shape index (κ1) is 11.0. The summed E-state index contributed by atoms with van der Waals surface area (Å²) in [5, 5.41) is 0. The first-order valence-corrected chi connectivity index (χ1v) is 6.63. The van der Waals surface area contributed by atoms with Crippen molar-refractivity contribution in [2.75, 3.05) is 18.6 Å². The fourth-order valence-corrected chi connectivity index (χ4v) is 3.01. The van der Waals surface area contributed by atoms with Gasteiger partial charge in [-0.1, -0.05) is 0 Å². The molecule has 0 aromatic carbocycles. The van der Waals surface area contributed by atoms with Gasteiger partial charge in [-0.05, 0) is 37.1 Å². The summed E-state index contributed by atoms with van der Waals surface area (Å²) >= 11 is 0. The third kappa shape index (κ3) is 1.59. The number of nitrogens with one attached hydrogen (secondary N) is 2. The minimum absolute atomic E-state index is 0.0809. The molecule has 0 saturated carbocycles. The van der Waals surface area contributed by atoms with E-state index < -0.39 is 0 Å². The number of hydrazine groups is 1. The van der Waals surface area contributed by atoms with E-state index >= 15 is 0 Å². The molecule has 2 aliphatic rings. The smallest absolute Gasteiger partial charge is 0.164 e. The third-order valence-electron chi connectivity index (χ3n) is 4.05. The Hall–Kier alpha value is -1.85. The van der Waals surface area contributed by atoms with Gasteiger partial charge in [-0.3, -0.25) is 0 Å². The maximum atomic E-state index is 5.51. The highest BCUT2D eigenvalue weighted by atomic mass is 16.5. The third-order valence-corrected chi connectivity index (χ3v) is 4.05. The molecule has 2 aliphatic heterocycles. The van der Waals surface area contributed by atoms with Gasteiger partial charge in [-0.15, -0.1) is 0 Å². The molecule has 5 nitrogen and oxygen atoms in total. The summed E-state index contributed by atoms with van der Waals surface area (Å²) in [6.45, 7) is 1.56. The molecule has 2 N–H and O–H groups in total. The van der Waals surface area contributed by atoms with Gasteiger partial charge in [-0.2, -0.15) is 0 Å². The first-order chi connectivity index (χ1) is 9.39. The molecule has 2 aromatic rings. The van der Waals surface area contributed by atoms with Gasteiger partial charge in [0.15, 0.2) is 5.82 Å². The average Bonchev–Trinajstić information content (AvgIpc) is 2.92. The number of hydrogen-bond acceptors (Lipinski definition) is 4. The maximum absolute atomic E-state index is 5.51. The summed E-state index contributed by atoms with van der Waals surface area (Å²) in [7, 11) is 0. The Kier molecular flexibility index (Phi) is 2.36. The highest BCUT2D eigenvalue weighted by molar-refractivity contribution is 5.57. The van der Waals surface area contributed by atoms with Gasteiger partial charge in [0.05, 0.1) is 11.2 Å². The maximum Gasteiger partial charge on any atom is 0.164 e. The standard InChI is InChI=1S/C14H16N4O/c1-3-11-13(15-7-1)16-17-14(5-9-19-10-6-14)12-4-2-8-18(11)12/h1-4,7-8,17H,5-6,9-10H2,(H,15,16). The molecule has 4 heterocycles. The van der Waals surface area contributed by atoms with Crippen molar-refractivity contribution >= 4 is 5.82 Å². The normalized spacial score (nSPS) is 20.2. The number of pyridine rings is 1. The number of rotatable bonds is 0. The molecule has 0 radical (unpaired) electrons. The van der Waals surface area contributed by atoms with E-state index in [9.17, 15) is 0 Å². The molecule has 0 bridgehead atoms. The largest absolute Gasteiger partial charge is 0.381 e. The Bertz CT molecular complexity index is 601.